The van der Waals surface area contributed by atoms with Crippen molar-refractivity contribution in [3.63, 3.8) is 0 Å². The number of allylic oxidation sites excluding steroid dienone is 1. The molecule has 0 saturated carbocycles. The van der Waals surface area contributed by atoms with E-state index in [0.29, 0.717) is 17.7 Å². The first-order valence-electron chi connectivity index (χ1n) is 6.77. The third-order valence-corrected chi connectivity index (χ3v) is 3.22. The van der Waals surface area contributed by atoms with Crippen LogP contribution in [0.1, 0.15) is 32.1 Å². The number of benzene rings is 1. The summed E-state index contributed by atoms with van der Waals surface area (Å²) in [4.78, 5) is 12.3. The average Bonchev–Trinajstić information content (AvgIpc) is 2.41. The maximum Gasteiger partial charge on any atom is 0.340 e. The molecule has 20 heavy (non-hydrogen) atoms. The molecule has 0 unspecified atom stereocenters. The molecule has 0 saturated heterocycles. The molecule has 2 aromatic rings. The van der Waals surface area contributed by atoms with Crippen molar-refractivity contribution in [2.75, 3.05) is 0 Å². The molecule has 0 atom stereocenters. The zero-order valence-electron chi connectivity index (χ0n) is 12.3. The molecule has 1 heterocycles. The van der Waals surface area contributed by atoms with Crippen LogP contribution in [0.2, 0.25) is 0 Å². The highest BCUT2D eigenvalue weighted by Crippen LogP contribution is 2.28. The topological polar surface area (TPSA) is 30.2 Å². The summed E-state index contributed by atoms with van der Waals surface area (Å²) in [6.07, 6.45) is 2.24. The summed E-state index contributed by atoms with van der Waals surface area (Å²) in [5.41, 5.74) is 2.17. The van der Waals surface area contributed by atoms with E-state index in [0.717, 1.165) is 11.1 Å². The number of rotatable bonds is 3. The van der Waals surface area contributed by atoms with Crippen LogP contribution in [0.5, 0.6) is 0 Å². The standard InChI is InChI=1S/C18H20O2/c1-5-9-14-15(13-10-7-6-8-11-13)12-16(18(2,3)4)20-17(14)19/h5-8,10-12H,1,9H2,2-4H3. The Morgan fingerprint density at radius 1 is 1.20 bits per heavy atom. The summed E-state index contributed by atoms with van der Waals surface area (Å²) in [7, 11) is 0. The Morgan fingerprint density at radius 2 is 1.85 bits per heavy atom. The Labute approximate surface area is 119 Å². The highest BCUT2D eigenvalue weighted by atomic mass is 16.4. The van der Waals surface area contributed by atoms with E-state index in [4.69, 9.17) is 4.42 Å². The molecule has 0 bridgehead atoms. The first kappa shape index (κ1) is 14.3. The second-order valence-electron chi connectivity index (χ2n) is 5.90. The van der Waals surface area contributed by atoms with Gasteiger partial charge in [-0.1, -0.05) is 57.2 Å². The Morgan fingerprint density at radius 3 is 2.40 bits per heavy atom. The van der Waals surface area contributed by atoms with Crippen LogP contribution in [-0.4, -0.2) is 0 Å². The van der Waals surface area contributed by atoms with E-state index < -0.39 is 0 Å². The average molecular weight is 268 g/mol. The first-order chi connectivity index (χ1) is 9.43. The van der Waals surface area contributed by atoms with Crippen molar-refractivity contribution in [3.8, 4) is 11.1 Å². The molecule has 1 aromatic carbocycles. The minimum Gasteiger partial charge on any atom is -0.427 e. The fraction of sp³-hybridized carbons (Fsp3) is 0.278. The number of hydrogen-bond acceptors (Lipinski definition) is 2. The Balaban J connectivity index is 2.72. The van der Waals surface area contributed by atoms with Gasteiger partial charge in [-0.3, -0.25) is 0 Å². The lowest BCUT2D eigenvalue weighted by Gasteiger charge is -2.19. The molecular weight excluding hydrogens is 248 g/mol. The van der Waals surface area contributed by atoms with Crippen LogP contribution >= 0.6 is 0 Å². The van der Waals surface area contributed by atoms with E-state index in [-0.39, 0.29) is 11.0 Å². The van der Waals surface area contributed by atoms with Crippen LogP contribution in [0.15, 0.2) is 58.3 Å². The van der Waals surface area contributed by atoms with Crippen LogP contribution in [0.3, 0.4) is 0 Å². The maximum absolute atomic E-state index is 12.3. The predicted molar refractivity (Wildman–Crippen MR) is 83.0 cm³/mol. The van der Waals surface area contributed by atoms with Crippen molar-refractivity contribution in [1.29, 1.82) is 0 Å². The summed E-state index contributed by atoms with van der Waals surface area (Å²) < 4.78 is 5.48. The van der Waals surface area contributed by atoms with E-state index in [1.54, 1.807) is 6.08 Å². The monoisotopic (exact) mass is 268 g/mol. The molecule has 0 aliphatic heterocycles. The molecule has 2 rings (SSSR count). The van der Waals surface area contributed by atoms with Crippen LogP contribution in [0.25, 0.3) is 11.1 Å². The van der Waals surface area contributed by atoms with Gasteiger partial charge in [-0.2, -0.15) is 0 Å². The van der Waals surface area contributed by atoms with E-state index >= 15 is 0 Å². The molecule has 0 spiro atoms. The molecular formula is C18H20O2. The first-order valence-corrected chi connectivity index (χ1v) is 6.77. The minimum absolute atomic E-state index is 0.199. The molecule has 0 aliphatic rings. The van der Waals surface area contributed by atoms with Gasteiger partial charge in [0.25, 0.3) is 0 Å². The minimum atomic E-state index is -0.267. The highest BCUT2D eigenvalue weighted by molar-refractivity contribution is 5.67. The second-order valence-corrected chi connectivity index (χ2v) is 5.90. The van der Waals surface area contributed by atoms with Crippen LogP contribution in [-0.2, 0) is 11.8 Å². The van der Waals surface area contributed by atoms with Crippen molar-refractivity contribution in [2.24, 2.45) is 0 Å². The van der Waals surface area contributed by atoms with Crippen molar-refractivity contribution in [1.82, 2.24) is 0 Å². The predicted octanol–water partition coefficient (Wildman–Crippen LogP) is 4.33. The lowest BCUT2D eigenvalue weighted by molar-refractivity contribution is 0.375. The molecule has 2 nitrogen and oxygen atoms in total. The molecule has 0 radical (unpaired) electrons. The van der Waals surface area contributed by atoms with Crippen molar-refractivity contribution in [3.05, 3.63) is 70.8 Å². The molecule has 0 amide bonds. The van der Waals surface area contributed by atoms with Gasteiger partial charge < -0.3 is 4.42 Å². The Bertz CT molecular complexity index is 658. The fourth-order valence-corrected chi connectivity index (χ4v) is 2.10. The van der Waals surface area contributed by atoms with Crippen molar-refractivity contribution >= 4 is 0 Å². The lowest BCUT2D eigenvalue weighted by atomic mass is 9.89. The third-order valence-electron chi connectivity index (χ3n) is 3.22. The molecule has 0 aliphatic carbocycles. The summed E-state index contributed by atoms with van der Waals surface area (Å²) >= 11 is 0. The second kappa shape index (κ2) is 5.49. The van der Waals surface area contributed by atoms with Gasteiger partial charge in [0.2, 0.25) is 0 Å². The van der Waals surface area contributed by atoms with E-state index in [9.17, 15) is 4.79 Å². The van der Waals surface area contributed by atoms with Gasteiger partial charge in [0.1, 0.15) is 5.76 Å². The zero-order chi connectivity index (χ0) is 14.8. The van der Waals surface area contributed by atoms with E-state index in [1.807, 2.05) is 57.2 Å². The molecule has 104 valence electrons. The molecule has 1 aromatic heterocycles. The van der Waals surface area contributed by atoms with Crippen molar-refractivity contribution < 1.29 is 4.42 Å². The van der Waals surface area contributed by atoms with Crippen LogP contribution < -0.4 is 5.63 Å². The van der Waals surface area contributed by atoms with Crippen molar-refractivity contribution in [2.45, 2.75) is 32.6 Å². The summed E-state index contributed by atoms with van der Waals surface area (Å²) in [6.45, 7) is 9.83. The van der Waals surface area contributed by atoms with Gasteiger partial charge in [0.15, 0.2) is 0 Å². The zero-order valence-corrected chi connectivity index (χ0v) is 12.3. The van der Waals surface area contributed by atoms with E-state index in [1.165, 1.54) is 0 Å². The third kappa shape index (κ3) is 2.90. The summed E-state index contributed by atoms with van der Waals surface area (Å²) in [5.74, 6) is 0.703. The normalized spacial score (nSPS) is 11.3. The van der Waals surface area contributed by atoms with Gasteiger partial charge in [-0.25, -0.2) is 4.79 Å². The number of hydrogen-bond donors (Lipinski definition) is 0. The molecule has 0 N–H and O–H groups in total. The van der Waals surface area contributed by atoms with Gasteiger partial charge in [0, 0.05) is 11.0 Å². The van der Waals surface area contributed by atoms with E-state index in [2.05, 4.69) is 6.58 Å². The van der Waals surface area contributed by atoms with Gasteiger partial charge in [0.05, 0.1) is 0 Å². The highest BCUT2D eigenvalue weighted by Gasteiger charge is 2.21. The molecule has 0 fully saturated rings. The van der Waals surface area contributed by atoms with Gasteiger partial charge in [-0.05, 0) is 23.6 Å². The van der Waals surface area contributed by atoms with Crippen LogP contribution in [0, 0.1) is 0 Å². The van der Waals surface area contributed by atoms with Crippen LogP contribution in [0.4, 0.5) is 0 Å². The fourth-order valence-electron chi connectivity index (χ4n) is 2.10. The SMILES string of the molecule is C=CCc1c(-c2ccccc2)cc(C(C)(C)C)oc1=O. The smallest absolute Gasteiger partial charge is 0.340 e. The quantitative estimate of drug-likeness (QED) is 0.775. The van der Waals surface area contributed by atoms with Gasteiger partial charge in [-0.15, -0.1) is 6.58 Å². The summed E-state index contributed by atoms with van der Waals surface area (Å²) in [5, 5.41) is 0. The Kier molecular flexibility index (Phi) is 3.93. The van der Waals surface area contributed by atoms with Gasteiger partial charge >= 0.3 is 5.63 Å². The maximum atomic E-state index is 12.3. The molecule has 2 heteroatoms. The Hall–Kier alpha value is -2.09. The largest absolute Gasteiger partial charge is 0.427 e. The lowest BCUT2D eigenvalue weighted by Crippen LogP contribution is -2.18. The summed E-state index contributed by atoms with van der Waals surface area (Å²) in [6, 6.07) is 11.9.